The van der Waals surface area contributed by atoms with Crippen molar-refractivity contribution in [3.8, 4) is 0 Å². The number of aliphatic hydroxyl groups is 1. The molecule has 6 nitrogen and oxygen atoms in total. The lowest BCUT2D eigenvalue weighted by Gasteiger charge is -2.32. The van der Waals surface area contributed by atoms with Crippen LogP contribution in [0.15, 0.2) is 0 Å². The highest BCUT2D eigenvalue weighted by Crippen LogP contribution is 2.43. The molecule has 0 bridgehead atoms. The number of Topliss-reactive ketones (excluding diaryl/α,β-unsaturated/α-hetero) is 1. The molecule has 2 unspecified atom stereocenters. The quantitative estimate of drug-likeness (QED) is 0.620. The summed E-state index contributed by atoms with van der Waals surface area (Å²) >= 11 is 0. The van der Waals surface area contributed by atoms with Crippen molar-refractivity contribution in [3.05, 3.63) is 0 Å². The number of esters is 2. The molecule has 120 valence electrons. The third-order valence-corrected chi connectivity index (χ3v) is 3.44. The third-order valence-electron chi connectivity index (χ3n) is 3.44. The average molecular weight is 300 g/mol. The summed E-state index contributed by atoms with van der Waals surface area (Å²) in [4.78, 5) is 36.6. The Bertz CT molecular complexity index is 436. The first kappa shape index (κ1) is 17.6. The van der Waals surface area contributed by atoms with Crippen molar-refractivity contribution >= 4 is 17.7 Å². The van der Waals surface area contributed by atoms with Gasteiger partial charge < -0.3 is 14.6 Å². The normalized spacial score (nSPS) is 27.3. The van der Waals surface area contributed by atoms with Crippen molar-refractivity contribution in [1.29, 1.82) is 0 Å². The van der Waals surface area contributed by atoms with Crippen molar-refractivity contribution in [2.45, 2.75) is 59.2 Å². The van der Waals surface area contributed by atoms with Gasteiger partial charge in [-0.25, -0.2) is 4.79 Å². The Morgan fingerprint density at radius 2 is 2.00 bits per heavy atom. The second-order valence-electron chi connectivity index (χ2n) is 6.56. The summed E-state index contributed by atoms with van der Waals surface area (Å²) in [7, 11) is 0. The standard InChI is InChI=1S/C15H24O6/c1-6-20-12(18)11(17)15(8-9(2)7-10(15)16)13(19)21-14(3,4)5/h9,11,17H,6-8H2,1-5H3/t9?,11?,15-/m1/s1. The molecule has 0 aromatic rings. The molecule has 1 saturated carbocycles. The summed E-state index contributed by atoms with van der Waals surface area (Å²) in [6.07, 6.45) is -1.61. The van der Waals surface area contributed by atoms with Gasteiger partial charge in [-0.15, -0.1) is 0 Å². The van der Waals surface area contributed by atoms with Gasteiger partial charge in [0.2, 0.25) is 0 Å². The Morgan fingerprint density at radius 1 is 1.43 bits per heavy atom. The van der Waals surface area contributed by atoms with Crippen molar-refractivity contribution in [3.63, 3.8) is 0 Å². The number of ketones is 1. The van der Waals surface area contributed by atoms with Gasteiger partial charge in [-0.2, -0.15) is 0 Å². The first-order chi connectivity index (χ1) is 9.54. The maximum atomic E-state index is 12.5. The summed E-state index contributed by atoms with van der Waals surface area (Å²) in [5, 5.41) is 10.3. The zero-order valence-corrected chi connectivity index (χ0v) is 13.3. The van der Waals surface area contributed by atoms with Crippen LogP contribution in [-0.4, -0.2) is 41.1 Å². The predicted octanol–water partition coefficient (Wildman–Crippen LogP) is 1.24. The zero-order valence-electron chi connectivity index (χ0n) is 13.3. The maximum Gasteiger partial charge on any atom is 0.336 e. The number of hydrogen-bond donors (Lipinski definition) is 1. The van der Waals surface area contributed by atoms with E-state index in [0.717, 1.165) is 0 Å². The van der Waals surface area contributed by atoms with E-state index in [1.807, 2.05) is 0 Å². The molecule has 0 saturated heterocycles. The molecule has 21 heavy (non-hydrogen) atoms. The number of rotatable bonds is 4. The van der Waals surface area contributed by atoms with E-state index in [-0.39, 0.29) is 25.4 Å². The van der Waals surface area contributed by atoms with Crippen LogP contribution >= 0.6 is 0 Å². The second-order valence-corrected chi connectivity index (χ2v) is 6.56. The lowest BCUT2D eigenvalue weighted by Crippen LogP contribution is -2.52. The number of carbonyl (C=O) groups is 3. The van der Waals surface area contributed by atoms with Gasteiger partial charge in [0.15, 0.2) is 17.3 Å². The Labute approximate surface area is 124 Å². The summed E-state index contributed by atoms with van der Waals surface area (Å²) in [6.45, 7) is 8.43. The van der Waals surface area contributed by atoms with Gasteiger partial charge in [-0.3, -0.25) is 9.59 Å². The number of ether oxygens (including phenoxy) is 2. The lowest BCUT2D eigenvalue weighted by molar-refractivity contribution is -0.185. The van der Waals surface area contributed by atoms with E-state index in [0.29, 0.717) is 0 Å². The maximum absolute atomic E-state index is 12.5. The highest BCUT2D eigenvalue weighted by molar-refractivity contribution is 6.09. The van der Waals surface area contributed by atoms with Crippen molar-refractivity contribution in [2.24, 2.45) is 11.3 Å². The molecule has 6 heteroatoms. The molecule has 0 aromatic heterocycles. The third kappa shape index (κ3) is 3.61. The summed E-state index contributed by atoms with van der Waals surface area (Å²) < 4.78 is 10.0. The minimum absolute atomic E-state index is 0.0596. The highest BCUT2D eigenvalue weighted by Gasteiger charge is 2.60. The van der Waals surface area contributed by atoms with E-state index in [4.69, 9.17) is 9.47 Å². The van der Waals surface area contributed by atoms with Crippen LogP contribution in [0.5, 0.6) is 0 Å². The molecule has 1 aliphatic rings. The van der Waals surface area contributed by atoms with Crippen molar-refractivity contribution in [1.82, 2.24) is 0 Å². The number of aliphatic hydroxyl groups excluding tert-OH is 1. The zero-order chi connectivity index (χ0) is 16.4. The first-order valence-corrected chi connectivity index (χ1v) is 7.16. The minimum Gasteiger partial charge on any atom is -0.464 e. The summed E-state index contributed by atoms with van der Waals surface area (Å²) in [6, 6.07) is 0. The molecule has 0 aromatic carbocycles. The monoisotopic (exact) mass is 300 g/mol. The van der Waals surface area contributed by atoms with Crippen LogP contribution in [0.25, 0.3) is 0 Å². The van der Waals surface area contributed by atoms with E-state index < -0.39 is 34.8 Å². The average Bonchev–Trinajstić information content (AvgIpc) is 2.62. The van der Waals surface area contributed by atoms with Crippen LogP contribution in [0.4, 0.5) is 0 Å². The van der Waals surface area contributed by atoms with Gasteiger partial charge in [0.1, 0.15) is 5.60 Å². The first-order valence-electron chi connectivity index (χ1n) is 7.16. The topological polar surface area (TPSA) is 89.9 Å². The van der Waals surface area contributed by atoms with Crippen LogP contribution < -0.4 is 0 Å². The summed E-state index contributed by atoms with van der Waals surface area (Å²) in [5.41, 5.74) is -2.66. The fourth-order valence-corrected chi connectivity index (χ4v) is 2.60. The molecule has 0 spiro atoms. The number of carbonyl (C=O) groups excluding carboxylic acids is 3. The molecule has 1 N–H and O–H groups in total. The Kier molecular flexibility index (Phi) is 5.15. The molecule has 1 rings (SSSR count). The van der Waals surface area contributed by atoms with E-state index in [1.165, 1.54) is 0 Å². The van der Waals surface area contributed by atoms with Crippen LogP contribution in [0.2, 0.25) is 0 Å². The SMILES string of the molecule is CCOC(=O)C(O)[C@@]1(C(=O)OC(C)(C)C)CC(C)CC1=O. The lowest BCUT2D eigenvalue weighted by atomic mass is 9.78. The second kappa shape index (κ2) is 6.13. The van der Waals surface area contributed by atoms with Gasteiger partial charge in [0, 0.05) is 6.42 Å². The van der Waals surface area contributed by atoms with Crippen LogP contribution in [0, 0.1) is 11.3 Å². The predicted molar refractivity (Wildman–Crippen MR) is 74.3 cm³/mol. The minimum atomic E-state index is -1.85. The van der Waals surface area contributed by atoms with Crippen molar-refractivity contribution < 1.29 is 29.0 Å². The molecule has 0 heterocycles. The van der Waals surface area contributed by atoms with E-state index in [9.17, 15) is 19.5 Å². The molecule has 1 aliphatic carbocycles. The van der Waals surface area contributed by atoms with E-state index >= 15 is 0 Å². The molecule has 0 aliphatic heterocycles. The van der Waals surface area contributed by atoms with Crippen LogP contribution in [0.3, 0.4) is 0 Å². The largest absolute Gasteiger partial charge is 0.464 e. The Morgan fingerprint density at radius 3 is 2.38 bits per heavy atom. The summed E-state index contributed by atoms with van der Waals surface area (Å²) in [5.74, 6) is -2.39. The highest BCUT2D eigenvalue weighted by atomic mass is 16.6. The molecule has 1 fully saturated rings. The fraction of sp³-hybridized carbons (Fsp3) is 0.800. The molecule has 3 atom stereocenters. The Balaban J connectivity index is 3.16. The van der Waals surface area contributed by atoms with Crippen molar-refractivity contribution in [2.75, 3.05) is 6.61 Å². The number of hydrogen-bond acceptors (Lipinski definition) is 6. The van der Waals surface area contributed by atoms with Crippen LogP contribution in [0.1, 0.15) is 47.5 Å². The van der Waals surface area contributed by atoms with Gasteiger partial charge >= 0.3 is 11.9 Å². The van der Waals surface area contributed by atoms with E-state index in [2.05, 4.69) is 0 Å². The van der Waals surface area contributed by atoms with Gasteiger partial charge in [0.05, 0.1) is 6.61 Å². The van der Waals surface area contributed by atoms with Gasteiger partial charge in [0.25, 0.3) is 0 Å². The molecule has 0 radical (unpaired) electrons. The Hall–Kier alpha value is -1.43. The van der Waals surface area contributed by atoms with Crippen LogP contribution in [-0.2, 0) is 23.9 Å². The van der Waals surface area contributed by atoms with Gasteiger partial charge in [-0.05, 0) is 40.0 Å². The smallest absolute Gasteiger partial charge is 0.336 e. The van der Waals surface area contributed by atoms with Gasteiger partial charge in [-0.1, -0.05) is 6.92 Å². The fourth-order valence-electron chi connectivity index (χ4n) is 2.60. The van der Waals surface area contributed by atoms with E-state index in [1.54, 1.807) is 34.6 Å². The molecular weight excluding hydrogens is 276 g/mol. The molecular formula is C15H24O6. The molecule has 0 amide bonds.